The van der Waals surface area contributed by atoms with E-state index in [0.29, 0.717) is 24.3 Å². The molecular formula is C24H23ClFN3O4. The van der Waals surface area contributed by atoms with Gasteiger partial charge >= 0.3 is 5.97 Å². The van der Waals surface area contributed by atoms with Crippen LogP contribution in [0.2, 0.25) is 5.02 Å². The van der Waals surface area contributed by atoms with Gasteiger partial charge in [-0.1, -0.05) is 35.9 Å². The maximum Gasteiger partial charge on any atom is 0.326 e. The second kappa shape index (κ2) is 11.3. The van der Waals surface area contributed by atoms with Gasteiger partial charge in [-0.25, -0.2) is 14.2 Å². The van der Waals surface area contributed by atoms with Crippen LogP contribution in [0.15, 0.2) is 60.7 Å². The maximum atomic E-state index is 14.0. The van der Waals surface area contributed by atoms with Gasteiger partial charge in [0.25, 0.3) is 5.91 Å². The monoisotopic (exact) mass is 471 g/mol. The zero-order chi connectivity index (χ0) is 23.8. The molecule has 172 valence electrons. The Bertz CT molecular complexity index is 1100. The molecule has 3 N–H and O–H groups in total. The normalized spacial score (nSPS) is 11.5. The highest BCUT2D eigenvalue weighted by Gasteiger charge is 2.24. The van der Waals surface area contributed by atoms with Crippen LogP contribution in [0.4, 0.5) is 10.2 Å². The van der Waals surface area contributed by atoms with E-state index < -0.39 is 23.7 Å². The Morgan fingerprint density at radius 2 is 1.85 bits per heavy atom. The fourth-order valence-corrected chi connectivity index (χ4v) is 3.38. The lowest BCUT2D eigenvalue weighted by atomic mass is 10.0. The van der Waals surface area contributed by atoms with Crippen molar-refractivity contribution in [1.82, 2.24) is 10.3 Å². The van der Waals surface area contributed by atoms with Crippen molar-refractivity contribution in [3.05, 3.63) is 88.3 Å². The molecule has 0 radical (unpaired) electrons. The lowest BCUT2D eigenvalue weighted by Gasteiger charge is -2.16. The topological polar surface area (TPSA) is 101 Å². The number of benzene rings is 2. The quantitative estimate of drug-likeness (QED) is 0.414. The summed E-state index contributed by atoms with van der Waals surface area (Å²) in [6.45, 7) is 0.427. The van der Waals surface area contributed by atoms with Gasteiger partial charge in [-0.3, -0.25) is 4.79 Å². The van der Waals surface area contributed by atoms with Crippen molar-refractivity contribution < 1.29 is 23.8 Å². The second-order valence-electron chi connectivity index (χ2n) is 7.17. The first-order valence-electron chi connectivity index (χ1n) is 10.2. The number of halogens is 2. The summed E-state index contributed by atoms with van der Waals surface area (Å²) < 4.78 is 19.7. The summed E-state index contributed by atoms with van der Waals surface area (Å²) in [6.07, 6.45) is 0.636. The van der Waals surface area contributed by atoms with Gasteiger partial charge in [0, 0.05) is 25.6 Å². The van der Waals surface area contributed by atoms with Crippen LogP contribution in [0.3, 0.4) is 0 Å². The zero-order valence-electron chi connectivity index (χ0n) is 17.8. The predicted octanol–water partition coefficient (Wildman–Crippen LogP) is 3.96. The number of anilines is 1. The molecule has 0 aliphatic heterocycles. The van der Waals surface area contributed by atoms with Crippen molar-refractivity contribution in [2.45, 2.75) is 18.9 Å². The lowest BCUT2D eigenvalue weighted by molar-refractivity contribution is -0.139. The molecule has 3 aromatic rings. The molecular weight excluding hydrogens is 449 g/mol. The molecule has 0 aliphatic rings. The van der Waals surface area contributed by atoms with Crippen LogP contribution in [-0.2, 0) is 17.6 Å². The molecule has 0 aliphatic carbocycles. The number of amides is 1. The van der Waals surface area contributed by atoms with Gasteiger partial charge in [0.05, 0.1) is 17.2 Å². The molecule has 2 aromatic carbocycles. The Labute approximate surface area is 195 Å². The number of carboxylic acid groups (broad SMARTS) is 1. The average Bonchev–Trinajstić information content (AvgIpc) is 2.79. The minimum atomic E-state index is -1.26. The van der Waals surface area contributed by atoms with E-state index in [-0.39, 0.29) is 17.0 Å². The molecule has 1 atom stereocenters. The Kier molecular flexibility index (Phi) is 8.21. The maximum absolute atomic E-state index is 14.0. The van der Waals surface area contributed by atoms with Crippen molar-refractivity contribution in [1.29, 1.82) is 0 Å². The fraction of sp³-hybridized carbons (Fsp3) is 0.208. The number of nitrogens with zero attached hydrogens (tertiary/aromatic N) is 1. The molecule has 0 fully saturated rings. The molecule has 0 bridgehead atoms. The molecule has 1 amide bonds. The third-order valence-electron chi connectivity index (χ3n) is 4.85. The van der Waals surface area contributed by atoms with Gasteiger partial charge in [0.1, 0.15) is 23.4 Å². The largest absolute Gasteiger partial charge is 0.493 e. The SMILES string of the molecule is CNc1cccc(CCOc2ccc(C[C@H](NC(=O)c3c(F)cccc3Cl)C(=O)O)cc2)n1. The first-order chi connectivity index (χ1) is 15.9. The van der Waals surface area contributed by atoms with E-state index in [9.17, 15) is 19.1 Å². The van der Waals surface area contributed by atoms with Crippen LogP contribution >= 0.6 is 11.6 Å². The Hall–Kier alpha value is -3.65. The molecule has 33 heavy (non-hydrogen) atoms. The summed E-state index contributed by atoms with van der Waals surface area (Å²) in [5, 5.41) is 14.7. The number of aromatic nitrogens is 1. The van der Waals surface area contributed by atoms with Gasteiger partial charge < -0.3 is 20.5 Å². The summed E-state index contributed by atoms with van der Waals surface area (Å²) in [5.74, 6) is -1.54. The number of carboxylic acids is 1. The number of carbonyl (C=O) groups excluding carboxylic acids is 1. The number of aliphatic carboxylic acids is 1. The third-order valence-corrected chi connectivity index (χ3v) is 5.16. The van der Waals surface area contributed by atoms with Crippen molar-refractivity contribution in [3.8, 4) is 5.75 Å². The van der Waals surface area contributed by atoms with Gasteiger partial charge in [-0.2, -0.15) is 0 Å². The van der Waals surface area contributed by atoms with Crippen LogP contribution < -0.4 is 15.4 Å². The van der Waals surface area contributed by atoms with Crippen LogP contribution in [0, 0.1) is 5.82 Å². The average molecular weight is 472 g/mol. The molecule has 0 saturated carbocycles. The van der Waals surface area contributed by atoms with Gasteiger partial charge in [0.15, 0.2) is 0 Å². The predicted molar refractivity (Wildman–Crippen MR) is 123 cm³/mol. The first kappa shape index (κ1) is 24.0. The molecule has 0 saturated heterocycles. The van der Waals surface area contributed by atoms with Gasteiger partial charge in [-0.05, 0) is 42.0 Å². The molecule has 0 unspecified atom stereocenters. The lowest BCUT2D eigenvalue weighted by Crippen LogP contribution is -2.42. The summed E-state index contributed by atoms with van der Waals surface area (Å²) >= 11 is 5.89. The summed E-state index contributed by atoms with van der Waals surface area (Å²) in [4.78, 5) is 28.5. The number of hydrogen-bond donors (Lipinski definition) is 3. The van der Waals surface area contributed by atoms with Crippen molar-refractivity contribution in [3.63, 3.8) is 0 Å². The summed E-state index contributed by atoms with van der Waals surface area (Å²) in [7, 11) is 1.81. The minimum Gasteiger partial charge on any atom is -0.493 e. The number of nitrogens with one attached hydrogen (secondary N) is 2. The van der Waals surface area contributed by atoms with Crippen molar-refractivity contribution >= 4 is 29.3 Å². The fourth-order valence-electron chi connectivity index (χ4n) is 3.13. The highest BCUT2D eigenvalue weighted by molar-refractivity contribution is 6.33. The first-order valence-corrected chi connectivity index (χ1v) is 10.6. The molecule has 1 heterocycles. The van der Waals surface area contributed by atoms with Crippen LogP contribution in [-0.4, -0.2) is 41.7 Å². The smallest absolute Gasteiger partial charge is 0.326 e. The highest BCUT2D eigenvalue weighted by atomic mass is 35.5. The molecule has 1 aromatic heterocycles. The third kappa shape index (κ3) is 6.66. The van der Waals surface area contributed by atoms with Gasteiger partial charge in [-0.15, -0.1) is 0 Å². The number of pyridine rings is 1. The van der Waals surface area contributed by atoms with E-state index in [1.165, 1.54) is 12.1 Å². The highest BCUT2D eigenvalue weighted by Crippen LogP contribution is 2.19. The molecule has 3 rings (SSSR count). The van der Waals surface area contributed by atoms with Crippen LogP contribution in [0.1, 0.15) is 21.6 Å². The molecule has 7 nitrogen and oxygen atoms in total. The van der Waals surface area contributed by atoms with Crippen molar-refractivity contribution in [2.75, 3.05) is 19.0 Å². The van der Waals surface area contributed by atoms with E-state index in [1.807, 2.05) is 18.2 Å². The minimum absolute atomic E-state index is 0.00809. The summed E-state index contributed by atoms with van der Waals surface area (Å²) in [6, 6.07) is 15.1. The standard InChI is InChI=1S/C24H23ClFN3O4/c1-27-21-7-2-4-16(28-21)12-13-33-17-10-8-15(9-11-17)14-20(24(31)32)29-23(30)22-18(25)5-3-6-19(22)26/h2-11,20H,12-14H2,1H3,(H,27,28)(H,29,30)(H,31,32)/t20-/m0/s1. The van der Waals surface area contributed by atoms with Crippen molar-refractivity contribution in [2.24, 2.45) is 0 Å². The number of hydrogen-bond acceptors (Lipinski definition) is 5. The van der Waals surface area contributed by atoms with E-state index in [2.05, 4.69) is 15.6 Å². The Morgan fingerprint density at radius 1 is 1.12 bits per heavy atom. The Balaban J connectivity index is 1.57. The van der Waals surface area contributed by atoms with E-state index in [0.717, 1.165) is 17.6 Å². The number of rotatable bonds is 10. The second-order valence-corrected chi connectivity index (χ2v) is 7.58. The van der Waals surface area contributed by atoms with E-state index >= 15 is 0 Å². The number of ether oxygens (including phenoxy) is 1. The number of carbonyl (C=O) groups is 2. The zero-order valence-corrected chi connectivity index (χ0v) is 18.6. The molecule has 0 spiro atoms. The van der Waals surface area contributed by atoms with Crippen LogP contribution in [0.5, 0.6) is 5.75 Å². The van der Waals surface area contributed by atoms with Crippen LogP contribution in [0.25, 0.3) is 0 Å². The molecule has 9 heteroatoms. The van der Waals surface area contributed by atoms with Gasteiger partial charge in [0.2, 0.25) is 0 Å². The summed E-state index contributed by atoms with van der Waals surface area (Å²) in [5.41, 5.74) is 1.18. The van der Waals surface area contributed by atoms with E-state index in [1.54, 1.807) is 31.3 Å². The Morgan fingerprint density at radius 3 is 2.52 bits per heavy atom. The van der Waals surface area contributed by atoms with E-state index in [4.69, 9.17) is 16.3 Å².